The predicted molar refractivity (Wildman–Crippen MR) is 84.4 cm³/mol. The standard InChI is InChI=1S/C15H23BrN2O/c1-4-15(5-2,6-3)17-11-14(19)18-13-9-7-12(16)8-10-13/h7-10,17H,4-6,11H2,1-3H3,(H,18,19). The van der Waals surface area contributed by atoms with Gasteiger partial charge in [0.05, 0.1) is 6.54 Å². The maximum absolute atomic E-state index is 11.9. The van der Waals surface area contributed by atoms with E-state index in [1.807, 2.05) is 24.3 Å². The second kappa shape index (κ2) is 7.65. The summed E-state index contributed by atoms with van der Waals surface area (Å²) in [5, 5.41) is 6.28. The van der Waals surface area contributed by atoms with Crippen LogP contribution in [0.3, 0.4) is 0 Å². The summed E-state index contributed by atoms with van der Waals surface area (Å²) >= 11 is 3.37. The summed E-state index contributed by atoms with van der Waals surface area (Å²) < 4.78 is 1.01. The lowest BCUT2D eigenvalue weighted by molar-refractivity contribution is -0.115. The molecule has 0 spiro atoms. The maximum atomic E-state index is 11.9. The van der Waals surface area contributed by atoms with Crippen LogP contribution >= 0.6 is 15.9 Å². The summed E-state index contributed by atoms with van der Waals surface area (Å²) in [5.74, 6) is 0.00190. The lowest BCUT2D eigenvalue weighted by atomic mass is 9.90. The van der Waals surface area contributed by atoms with Crippen LogP contribution in [0.25, 0.3) is 0 Å². The van der Waals surface area contributed by atoms with Crippen LogP contribution in [0.1, 0.15) is 40.0 Å². The quantitative estimate of drug-likeness (QED) is 0.796. The van der Waals surface area contributed by atoms with E-state index in [1.54, 1.807) is 0 Å². The molecular formula is C15H23BrN2O. The summed E-state index contributed by atoms with van der Waals surface area (Å²) in [6.45, 7) is 6.83. The Hall–Kier alpha value is -0.870. The van der Waals surface area contributed by atoms with Crippen molar-refractivity contribution in [1.29, 1.82) is 0 Å². The van der Waals surface area contributed by atoms with E-state index >= 15 is 0 Å². The molecule has 3 nitrogen and oxygen atoms in total. The van der Waals surface area contributed by atoms with Crippen LogP contribution < -0.4 is 10.6 Å². The van der Waals surface area contributed by atoms with Gasteiger partial charge in [0.1, 0.15) is 0 Å². The van der Waals surface area contributed by atoms with E-state index in [-0.39, 0.29) is 11.4 Å². The molecule has 0 saturated heterocycles. The van der Waals surface area contributed by atoms with Crippen LogP contribution in [-0.4, -0.2) is 18.0 Å². The molecule has 0 atom stereocenters. The predicted octanol–water partition coefficient (Wildman–Crippen LogP) is 3.95. The van der Waals surface area contributed by atoms with Crippen LogP contribution in [0.4, 0.5) is 5.69 Å². The molecule has 1 amide bonds. The minimum atomic E-state index is 0.00190. The summed E-state index contributed by atoms with van der Waals surface area (Å²) in [6.07, 6.45) is 3.10. The Morgan fingerprint density at radius 3 is 2.11 bits per heavy atom. The van der Waals surface area contributed by atoms with E-state index in [2.05, 4.69) is 47.3 Å². The molecule has 0 unspecified atom stereocenters. The third-order valence-electron chi connectivity index (χ3n) is 3.78. The van der Waals surface area contributed by atoms with Crippen molar-refractivity contribution in [3.8, 4) is 0 Å². The highest BCUT2D eigenvalue weighted by atomic mass is 79.9. The minimum absolute atomic E-state index is 0.00190. The molecular weight excluding hydrogens is 304 g/mol. The minimum Gasteiger partial charge on any atom is -0.325 e. The number of hydrogen-bond acceptors (Lipinski definition) is 2. The van der Waals surface area contributed by atoms with Gasteiger partial charge in [-0.25, -0.2) is 0 Å². The number of halogens is 1. The molecule has 0 heterocycles. The molecule has 0 saturated carbocycles. The monoisotopic (exact) mass is 326 g/mol. The zero-order chi connectivity index (χ0) is 14.3. The van der Waals surface area contributed by atoms with Crippen molar-refractivity contribution in [1.82, 2.24) is 5.32 Å². The molecule has 1 aromatic rings. The Balaban J connectivity index is 2.49. The van der Waals surface area contributed by atoms with E-state index in [9.17, 15) is 4.79 Å². The summed E-state index contributed by atoms with van der Waals surface area (Å²) in [7, 11) is 0. The van der Waals surface area contributed by atoms with Gasteiger partial charge in [0.2, 0.25) is 5.91 Å². The Morgan fingerprint density at radius 1 is 1.11 bits per heavy atom. The van der Waals surface area contributed by atoms with Crippen LogP contribution in [0.5, 0.6) is 0 Å². The first-order chi connectivity index (χ1) is 9.05. The van der Waals surface area contributed by atoms with Crippen LogP contribution in [0, 0.1) is 0 Å². The van der Waals surface area contributed by atoms with Crippen molar-refractivity contribution >= 4 is 27.5 Å². The molecule has 0 aromatic heterocycles. The molecule has 0 bridgehead atoms. The summed E-state index contributed by atoms with van der Waals surface area (Å²) in [4.78, 5) is 11.9. The summed E-state index contributed by atoms with van der Waals surface area (Å²) in [5.41, 5.74) is 0.905. The highest BCUT2D eigenvalue weighted by molar-refractivity contribution is 9.10. The van der Waals surface area contributed by atoms with Crippen molar-refractivity contribution < 1.29 is 4.79 Å². The topological polar surface area (TPSA) is 41.1 Å². The molecule has 0 aliphatic carbocycles. The first kappa shape index (κ1) is 16.2. The molecule has 0 fully saturated rings. The van der Waals surface area contributed by atoms with Crippen molar-refractivity contribution in [3.05, 3.63) is 28.7 Å². The smallest absolute Gasteiger partial charge is 0.238 e. The van der Waals surface area contributed by atoms with Gasteiger partial charge in [-0.05, 0) is 43.5 Å². The average Bonchev–Trinajstić information content (AvgIpc) is 2.44. The number of benzene rings is 1. The number of nitrogens with one attached hydrogen (secondary N) is 2. The SMILES string of the molecule is CCC(CC)(CC)NCC(=O)Nc1ccc(Br)cc1. The van der Waals surface area contributed by atoms with Gasteiger partial charge in [-0.15, -0.1) is 0 Å². The van der Waals surface area contributed by atoms with E-state index in [1.165, 1.54) is 0 Å². The van der Waals surface area contributed by atoms with Crippen molar-refractivity contribution in [2.75, 3.05) is 11.9 Å². The van der Waals surface area contributed by atoms with Crippen LogP contribution in [0.15, 0.2) is 28.7 Å². The van der Waals surface area contributed by atoms with E-state index < -0.39 is 0 Å². The Kier molecular flexibility index (Phi) is 6.52. The average molecular weight is 327 g/mol. The van der Waals surface area contributed by atoms with E-state index in [4.69, 9.17) is 0 Å². The normalized spacial score (nSPS) is 11.4. The van der Waals surface area contributed by atoms with Gasteiger partial charge < -0.3 is 10.6 Å². The molecule has 19 heavy (non-hydrogen) atoms. The number of amides is 1. The third kappa shape index (κ3) is 4.96. The Labute approximate surface area is 124 Å². The number of anilines is 1. The zero-order valence-electron chi connectivity index (χ0n) is 11.9. The van der Waals surface area contributed by atoms with Gasteiger partial charge in [0.25, 0.3) is 0 Å². The van der Waals surface area contributed by atoms with Crippen LogP contribution in [-0.2, 0) is 4.79 Å². The van der Waals surface area contributed by atoms with Gasteiger partial charge in [0.15, 0.2) is 0 Å². The maximum Gasteiger partial charge on any atom is 0.238 e. The van der Waals surface area contributed by atoms with Gasteiger partial charge in [0, 0.05) is 15.7 Å². The first-order valence-corrected chi connectivity index (χ1v) is 7.65. The number of carbonyl (C=O) groups excluding carboxylic acids is 1. The molecule has 1 rings (SSSR count). The third-order valence-corrected chi connectivity index (χ3v) is 4.31. The molecule has 4 heteroatoms. The van der Waals surface area contributed by atoms with E-state index in [0.717, 1.165) is 29.4 Å². The fraction of sp³-hybridized carbons (Fsp3) is 0.533. The Morgan fingerprint density at radius 2 is 1.63 bits per heavy atom. The molecule has 106 valence electrons. The van der Waals surface area contributed by atoms with Gasteiger partial charge in [-0.1, -0.05) is 36.7 Å². The molecule has 0 aliphatic heterocycles. The molecule has 0 radical (unpaired) electrons. The second-order valence-corrected chi connectivity index (χ2v) is 5.67. The van der Waals surface area contributed by atoms with Crippen LogP contribution in [0.2, 0.25) is 0 Å². The lowest BCUT2D eigenvalue weighted by Crippen LogP contribution is -2.47. The van der Waals surface area contributed by atoms with Crippen molar-refractivity contribution in [2.45, 2.75) is 45.6 Å². The lowest BCUT2D eigenvalue weighted by Gasteiger charge is -2.31. The van der Waals surface area contributed by atoms with Crippen molar-refractivity contribution in [2.24, 2.45) is 0 Å². The molecule has 1 aromatic carbocycles. The number of hydrogen-bond donors (Lipinski definition) is 2. The molecule has 2 N–H and O–H groups in total. The molecule has 0 aliphatic rings. The largest absolute Gasteiger partial charge is 0.325 e. The fourth-order valence-electron chi connectivity index (χ4n) is 2.13. The van der Waals surface area contributed by atoms with Crippen molar-refractivity contribution in [3.63, 3.8) is 0 Å². The van der Waals surface area contributed by atoms with Gasteiger partial charge in [-0.2, -0.15) is 0 Å². The Bertz CT molecular complexity index is 391. The van der Waals surface area contributed by atoms with Gasteiger partial charge in [-0.3, -0.25) is 4.79 Å². The second-order valence-electron chi connectivity index (χ2n) is 4.75. The zero-order valence-corrected chi connectivity index (χ0v) is 13.5. The van der Waals surface area contributed by atoms with Gasteiger partial charge >= 0.3 is 0 Å². The number of carbonyl (C=O) groups is 1. The first-order valence-electron chi connectivity index (χ1n) is 6.85. The summed E-state index contributed by atoms with van der Waals surface area (Å²) in [6, 6.07) is 7.60. The number of rotatable bonds is 7. The fourth-order valence-corrected chi connectivity index (χ4v) is 2.40. The van der Waals surface area contributed by atoms with E-state index in [0.29, 0.717) is 6.54 Å². The highest BCUT2D eigenvalue weighted by Gasteiger charge is 2.23. The highest BCUT2D eigenvalue weighted by Crippen LogP contribution is 2.19.